The largest absolute Gasteiger partial charge is 0.465 e. The van der Waals surface area contributed by atoms with Gasteiger partial charge in [-0.3, -0.25) is 9.78 Å². The second-order valence-electron chi connectivity index (χ2n) is 6.20. The molecule has 2 aromatic carbocycles. The molecular weight excluding hydrogens is 376 g/mol. The average molecular weight is 395 g/mol. The number of nitrogens with zero attached hydrogens (tertiary/aromatic N) is 1. The van der Waals surface area contributed by atoms with Gasteiger partial charge < -0.3 is 10.1 Å². The molecule has 5 nitrogen and oxygen atoms in total. The summed E-state index contributed by atoms with van der Waals surface area (Å²) in [7, 11) is 1.28. The number of methoxy groups -OCH3 is 1. The van der Waals surface area contributed by atoms with Gasteiger partial charge in [0.1, 0.15) is 0 Å². The molecular formula is C22H19ClN2O3. The number of pyridine rings is 1. The van der Waals surface area contributed by atoms with Gasteiger partial charge in [-0.2, -0.15) is 0 Å². The van der Waals surface area contributed by atoms with Crippen molar-refractivity contribution in [3.63, 3.8) is 0 Å². The van der Waals surface area contributed by atoms with E-state index in [1.807, 2.05) is 42.5 Å². The third-order valence-electron chi connectivity index (χ3n) is 4.35. The van der Waals surface area contributed by atoms with Gasteiger partial charge in [-0.1, -0.05) is 41.9 Å². The molecule has 0 saturated carbocycles. The second-order valence-corrected chi connectivity index (χ2v) is 6.61. The summed E-state index contributed by atoms with van der Waals surface area (Å²) >= 11 is 6.05. The van der Waals surface area contributed by atoms with Crippen LogP contribution in [0.25, 0.3) is 0 Å². The summed E-state index contributed by atoms with van der Waals surface area (Å²) in [5.74, 6) is -1.14. The predicted octanol–water partition coefficient (Wildman–Crippen LogP) is 4.49. The fourth-order valence-corrected chi connectivity index (χ4v) is 3.10. The maximum absolute atomic E-state index is 13.1. The highest BCUT2D eigenvalue weighted by atomic mass is 35.5. The van der Waals surface area contributed by atoms with Crippen molar-refractivity contribution >= 4 is 29.2 Å². The van der Waals surface area contributed by atoms with E-state index in [-0.39, 0.29) is 16.5 Å². The van der Waals surface area contributed by atoms with Crippen LogP contribution in [0.4, 0.5) is 5.69 Å². The van der Waals surface area contributed by atoms with Crippen LogP contribution in [0.3, 0.4) is 0 Å². The van der Waals surface area contributed by atoms with Crippen LogP contribution >= 0.6 is 11.6 Å². The van der Waals surface area contributed by atoms with E-state index < -0.39 is 11.9 Å². The van der Waals surface area contributed by atoms with E-state index in [0.29, 0.717) is 12.1 Å². The molecule has 6 heteroatoms. The zero-order valence-electron chi connectivity index (χ0n) is 15.3. The number of ether oxygens (including phenoxy) is 1. The predicted molar refractivity (Wildman–Crippen MR) is 109 cm³/mol. The Hall–Kier alpha value is -3.18. The Balaban J connectivity index is 1.87. The van der Waals surface area contributed by atoms with Crippen molar-refractivity contribution in [2.24, 2.45) is 0 Å². The molecule has 1 N–H and O–H groups in total. The van der Waals surface area contributed by atoms with Crippen molar-refractivity contribution in [1.29, 1.82) is 0 Å². The maximum Gasteiger partial charge on any atom is 0.339 e. The Morgan fingerprint density at radius 2 is 1.79 bits per heavy atom. The second kappa shape index (κ2) is 9.15. The van der Waals surface area contributed by atoms with Crippen LogP contribution in [-0.2, 0) is 16.0 Å². The summed E-state index contributed by atoms with van der Waals surface area (Å²) in [6.07, 6.45) is 3.93. The summed E-state index contributed by atoms with van der Waals surface area (Å²) in [5, 5.41) is 3.15. The lowest BCUT2D eigenvalue weighted by atomic mass is 9.91. The van der Waals surface area contributed by atoms with Gasteiger partial charge in [0.2, 0.25) is 5.91 Å². The highest BCUT2D eigenvalue weighted by Crippen LogP contribution is 2.25. The molecule has 1 heterocycles. The van der Waals surface area contributed by atoms with Gasteiger partial charge in [0.05, 0.1) is 23.6 Å². The fourth-order valence-electron chi connectivity index (χ4n) is 2.90. The maximum atomic E-state index is 13.1. The lowest BCUT2D eigenvalue weighted by Crippen LogP contribution is -2.23. The van der Waals surface area contributed by atoms with Crippen LogP contribution < -0.4 is 5.32 Å². The van der Waals surface area contributed by atoms with Gasteiger partial charge in [-0.05, 0) is 47.9 Å². The molecule has 3 rings (SSSR count). The van der Waals surface area contributed by atoms with E-state index in [4.69, 9.17) is 16.3 Å². The highest BCUT2D eigenvalue weighted by Gasteiger charge is 2.22. The molecule has 0 radical (unpaired) electrons. The standard InChI is InChI=1S/C22H19ClN2O3/c1-28-22(27)19-14-17(7-8-20(19)23)25-21(26)18(16-5-3-2-4-6-16)13-15-9-11-24-12-10-15/h2-12,14,18H,13H2,1H3,(H,25,26). The van der Waals surface area contributed by atoms with Crippen LogP contribution in [0, 0.1) is 0 Å². The molecule has 0 fully saturated rings. The van der Waals surface area contributed by atoms with Crippen molar-refractivity contribution in [3.05, 3.63) is 94.8 Å². The number of benzene rings is 2. The molecule has 0 spiro atoms. The Labute approximate surface area is 168 Å². The zero-order valence-corrected chi connectivity index (χ0v) is 16.0. The van der Waals surface area contributed by atoms with Gasteiger partial charge in [0, 0.05) is 18.1 Å². The lowest BCUT2D eigenvalue weighted by molar-refractivity contribution is -0.117. The molecule has 0 aliphatic rings. The van der Waals surface area contributed by atoms with Crippen LogP contribution in [0.1, 0.15) is 27.4 Å². The van der Waals surface area contributed by atoms with Crippen LogP contribution in [0.15, 0.2) is 73.1 Å². The van der Waals surface area contributed by atoms with E-state index in [1.54, 1.807) is 24.5 Å². The van der Waals surface area contributed by atoms with E-state index in [2.05, 4.69) is 10.3 Å². The quantitative estimate of drug-likeness (QED) is 0.625. The lowest BCUT2D eigenvalue weighted by Gasteiger charge is -2.18. The van der Waals surface area contributed by atoms with Crippen molar-refractivity contribution < 1.29 is 14.3 Å². The summed E-state index contributed by atoms with van der Waals surface area (Å²) in [5.41, 5.74) is 2.59. The Morgan fingerprint density at radius 3 is 2.46 bits per heavy atom. The van der Waals surface area contributed by atoms with Crippen LogP contribution in [0.5, 0.6) is 0 Å². The summed E-state index contributed by atoms with van der Waals surface area (Å²) < 4.78 is 4.73. The number of nitrogens with one attached hydrogen (secondary N) is 1. The minimum Gasteiger partial charge on any atom is -0.465 e. The summed E-state index contributed by atoms with van der Waals surface area (Å²) in [6.45, 7) is 0. The summed E-state index contributed by atoms with van der Waals surface area (Å²) in [6, 6.07) is 18.1. The minimum absolute atomic E-state index is 0.179. The first-order valence-electron chi connectivity index (χ1n) is 8.71. The number of carbonyl (C=O) groups excluding carboxylic acids is 2. The number of hydrogen-bond donors (Lipinski definition) is 1. The topological polar surface area (TPSA) is 68.3 Å². The number of halogens is 1. The number of rotatable bonds is 6. The third kappa shape index (κ3) is 4.75. The SMILES string of the molecule is COC(=O)c1cc(NC(=O)C(Cc2ccncc2)c2ccccc2)ccc1Cl. The molecule has 0 aliphatic heterocycles. The molecule has 142 valence electrons. The van der Waals surface area contributed by atoms with Gasteiger partial charge in [-0.15, -0.1) is 0 Å². The van der Waals surface area contributed by atoms with E-state index in [9.17, 15) is 9.59 Å². The van der Waals surface area contributed by atoms with Crippen LogP contribution in [-0.4, -0.2) is 24.0 Å². The first-order valence-corrected chi connectivity index (χ1v) is 9.09. The third-order valence-corrected chi connectivity index (χ3v) is 4.68. The highest BCUT2D eigenvalue weighted by molar-refractivity contribution is 6.33. The molecule has 0 saturated heterocycles. The number of esters is 1. The van der Waals surface area contributed by atoms with E-state index >= 15 is 0 Å². The van der Waals surface area contributed by atoms with Gasteiger partial charge in [0.15, 0.2) is 0 Å². The molecule has 1 aromatic heterocycles. The first-order chi connectivity index (χ1) is 13.6. The van der Waals surface area contributed by atoms with Gasteiger partial charge in [0.25, 0.3) is 0 Å². The number of anilines is 1. The molecule has 1 amide bonds. The Kier molecular flexibility index (Phi) is 6.40. The van der Waals surface area contributed by atoms with Crippen molar-refractivity contribution in [2.75, 3.05) is 12.4 Å². The minimum atomic E-state index is -0.558. The van der Waals surface area contributed by atoms with Crippen molar-refractivity contribution in [2.45, 2.75) is 12.3 Å². The normalized spacial score (nSPS) is 11.5. The number of amides is 1. The summed E-state index contributed by atoms with van der Waals surface area (Å²) in [4.78, 5) is 28.9. The van der Waals surface area contributed by atoms with Crippen molar-refractivity contribution in [1.82, 2.24) is 4.98 Å². The Bertz CT molecular complexity index is 962. The molecule has 3 aromatic rings. The smallest absolute Gasteiger partial charge is 0.339 e. The monoisotopic (exact) mass is 394 g/mol. The molecule has 0 aliphatic carbocycles. The van der Waals surface area contributed by atoms with Gasteiger partial charge in [-0.25, -0.2) is 4.79 Å². The molecule has 0 bridgehead atoms. The molecule has 1 atom stereocenters. The van der Waals surface area contributed by atoms with Gasteiger partial charge >= 0.3 is 5.97 Å². The Morgan fingerprint density at radius 1 is 1.07 bits per heavy atom. The number of hydrogen-bond acceptors (Lipinski definition) is 4. The fraction of sp³-hybridized carbons (Fsp3) is 0.136. The van der Waals surface area contributed by atoms with E-state index in [1.165, 1.54) is 13.2 Å². The van der Waals surface area contributed by atoms with Crippen molar-refractivity contribution in [3.8, 4) is 0 Å². The first kappa shape index (κ1) is 19.6. The average Bonchev–Trinajstić information content (AvgIpc) is 2.74. The molecule has 1 unspecified atom stereocenters. The number of carbonyl (C=O) groups is 2. The van der Waals surface area contributed by atoms with Crippen LogP contribution in [0.2, 0.25) is 5.02 Å². The zero-order chi connectivity index (χ0) is 19.9. The molecule has 28 heavy (non-hydrogen) atoms. The number of aromatic nitrogens is 1. The van der Waals surface area contributed by atoms with E-state index in [0.717, 1.165) is 11.1 Å².